The first-order valence-electron chi connectivity index (χ1n) is 4.47. The first kappa shape index (κ1) is 9.05. The summed E-state index contributed by atoms with van der Waals surface area (Å²) in [6.45, 7) is 2.08. The third-order valence-corrected chi connectivity index (χ3v) is 2.65. The zero-order chi connectivity index (χ0) is 9.80. The molecule has 0 saturated carbocycles. The van der Waals surface area contributed by atoms with Gasteiger partial charge in [0.25, 0.3) is 0 Å². The molecule has 1 heterocycles. The maximum atomic E-state index is 3.15. The van der Waals surface area contributed by atoms with Gasteiger partial charge in [0.1, 0.15) is 0 Å². The molecule has 2 rings (SSSR count). The van der Waals surface area contributed by atoms with E-state index in [1.807, 2.05) is 29.6 Å². The van der Waals surface area contributed by atoms with E-state index in [0.717, 1.165) is 10.4 Å². The molecule has 0 amide bonds. The lowest BCUT2D eigenvalue weighted by Gasteiger charge is -1.91. The molecule has 0 aliphatic carbocycles. The number of rotatable bonds is 0. The van der Waals surface area contributed by atoms with Crippen LogP contribution in [0.3, 0.4) is 0 Å². The molecule has 0 N–H and O–H groups in total. The van der Waals surface area contributed by atoms with Crippen molar-refractivity contribution in [2.24, 2.45) is 0 Å². The molecule has 1 aromatic carbocycles. The highest BCUT2D eigenvalue weighted by atomic mass is 32.1. The highest BCUT2D eigenvalue weighted by Crippen LogP contribution is 2.07. The lowest BCUT2D eigenvalue weighted by atomic mass is 10.1. The lowest BCUT2D eigenvalue weighted by Crippen LogP contribution is -1.75. The molecule has 1 aromatic heterocycles. The van der Waals surface area contributed by atoms with Gasteiger partial charge in [-0.05, 0) is 36.1 Å². The van der Waals surface area contributed by atoms with E-state index in [4.69, 9.17) is 0 Å². The maximum absolute atomic E-state index is 3.15. The van der Waals surface area contributed by atoms with E-state index in [1.165, 1.54) is 5.56 Å². The number of hydrogen-bond acceptors (Lipinski definition) is 1. The molecule has 0 radical (unpaired) electrons. The van der Waals surface area contributed by atoms with Crippen LogP contribution in [0.1, 0.15) is 16.0 Å². The van der Waals surface area contributed by atoms with Crippen LogP contribution < -0.4 is 0 Å². The zero-order valence-electron chi connectivity index (χ0n) is 7.95. The molecule has 68 valence electrons. The van der Waals surface area contributed by atoms with Crippen LogP contribution >= 0.6 is 11.3 Å². The first-order valence-corrected chi connectivity index (χ1v) is 5.35. The molecule has 2 aromatic rings. The molecule has 0 bridgehead atoms. The molecule has 0 nitrogen and oxygen atoms in total. The van der Waals surface area contributed by atoms with Crippen molar-refractivity contribution in [1.29, 1.82) is 0 Å². The summed E-state index contributed by atoms with van der Waals surface area (Å²) in [7, 11) is 0. The summed E-state index contributed by atoms with van der Waals surface area (Å²) in [5.41, 5.74) is 2.33. The van der Waals surface area contributed by atoms with E-state index in [-0.39, 0.29) is 0 Å². The second-order valence-electron chi connectivity index (χ2n) is 3.10. The Balaban J connectivity index is 2.26. The summed E-state index contributed by atoms with van der Waals surface area (Å²) in [4.78, 5) is 1.12. The van der Waals surface area contributed by atoms with Crippen LogP contribution in [0.5, 0.6) is 0 Å². The van der Waals surface area contributed by atoms with E-state index in [9.17, 15) is 0 Å². The monoisotopic (exact) mass is 198 g/mol. The molecular weight excluding hydrogens is 188 g/mol. The van der Waals surface area contributed by atoms with Gasteiger partial charge >= 0.3 is 0 Å². The Morgan fingerprint density at radius 3 is 2.71 bits per heavy atom. The third kappa shape index (κ3) is 2.25. The summed E-state index contributed by atoms with van der Waals surface area (Å²) < 4.78 is 0. The Morgan fingerprint density at radius 1 is 1.07 bits per heavy atom. The van der Waals surface area contributed by atoms with Crippen molar-refractivity contribution < 1.29 is 0 Å². The summed E-state index contributed by atoms with van der Waals surface area (Å²) in [5.74, 6) is 6.28. The highest BCUT2D eigenvalue weighted by molar-refractivity contribution is 7.10. The Morgan fingerprint density at radius 2 is 2.00 bits per heavy atom. The van der Waals surface area contributed by atoms with Gasteiger partial charge in [-0.15, -0.1) is 11.3 Å². The van der Waals surface area contributed by atoms with E-state index in [1.54, 1.807) is 11.3 Å². The second-order valence-corrected chi connectivity index (χ2v) is 4.04. The van der Waals surface area contributed by atoms with E-state index < -0.39 is 0 Å². The molecule has 1 heteroatoms. The van der Waals surface area contributed by atoms with Crippen LogP contribution in [0, 0.1) is 18.8 Å². The maximum Gasteiger partial charge on any atom is 0.0772 e. The summed E-state index contributed by atoms with van der Waals surface area (Å²) in [6.07, 6.45) is 0. The summed E-state index contributed by atoms with van der Waals surface area (Å²) in [6, 6.07) is 12.3. The molecule has 14 heavy (non-hydrogen) atoms. The summed E-state index contributed by atoms with van der Waals surface area (Å²) >= 11 is 1.67. The average molecular weight is 198 g/mol. The number of aryl methyl sites for hydroxylation is 1. The minimum atomic E-state index is 1.08. The van der Waals surface area contributed by atoms with Crippen LogP contribution in [-0.4, -0.2) is 0 Å². The largest absolute Gasteiger partial charge is 0.135 e. The minimum absolute atomic E-state index is 1.08. The molecular formula is C13H10S. The molecule has 0 saturated heterocycles. The molecule has 0 aliphatic rings. The van der Waals surface area contributed by atoms with E-state index >= 15 is 0 Å². The Labute approximate surface area is 88.2 Å². The zero-order valence-corrected chi connectivity index (χ0v) is 8.77. The number of thiophene rings is 1. The van der Waals surface area contributed by atoms with Gasteiger partial charge in [0, 0.05) is 5.56 Å². The van der Waals surface area contributed by atoms with Gasteiger partial charge in [-0.25, -0.2) is 0 Å². The minimum Gasteiger partial charge on any atom is -0.135 e. The van der Waals surface area contributed by atoms with Crippen molar-refractivity contribution in [3.8, 4) is 11.8 Å². The Kier molecular flexibility index (Phi) is 2.67. The van der Waals surface area contributed by atoms with Crippen molar-refractivity contribution in [1.82, 2.24) is 0 Å². The molecule has 0 spiro atoms. The fourth-order valence-corrected chi connectivity index (χ4v) is 1.78. The SMILES string of the molecule is Cc1cccc(C#Cc2cccs2)c1. The smallest absolute Gasteiger partial charge is 0.0772 e. The topological polar surface area (TPSA) is 0 Å². The third-order valence-electron chi connectivity index (χ3n) is 1.87. The van der Waals surface area contributed by atoms with Crippen molar-refractivity contribution in [3.05, 3.63) is 57.8 Å². The average Bonchev–Trinajstić information content (AvgIpc) is 2.67. The van der Waals surface area contributed by atoms with Crippen molar-refractivity contribution >= 4 is 11.3 Å². The molecule has 0 aliphatic heterocycles. The molecule has 0 fully saturated rings. The highest BCUT2D eigenvalue weighted by Gasteiger charge is 1.88. The van der Waals surface area contributed by atoms with Gasteiger partial charge in [-0.2, -0.15) is 0 Å². The second kappa shape index (κ2) is 4.13. The predicted molar refractivity (Wildman–Crippen MR) is 61.5 cm³/mol. The van der Waals surface area contributed by atoms with E-state index in [2.05, 4.69) is 30.9 Å². The fraction of sp³-hybridized carbons (Fsp3) is 0.0769. The summed E-state index contributed by atoms with van der Waals surface area (Å²) in [5, 5.41) is 2.04. The standard InChI is InChI=1S/C13H10S/c1-11-4-2-5-12(10-11)7-8-13-6-3-9-14-13/h2-6,9-10H,1H3. The van der Waals surface area contributed by atoms with Crippen LogP contribution in [0.4, 0.5) is 0 Å². The van der Waals surface area contributed by atoms with Crippen LogP contribution in [0.25, 0.3) is 0 Å². The van der Waals surface area contributed by atoms with Crippen LogP contribution in [-0.2, 0) is 0 Å². The van der Waals surface area contributed by atoms with Gasteiger partial charge in [0.05, 0.1) is 4.88 Å². The Hall–Kier alpha value is -1.52. The lowest BCUT2D eigenvalue weighted by molar-refractivity contribution is 1.46. The van der Waals surface area contributed by atoms with Crippen molar-refractivity contribution in [3.63, 3.8) is 0 Å². The predicted octanol–water partition coefficient (Wildman–Crippen LogP) is 3.46. The van der Waals surface area contributed by atoms with Gasteiger partial charge in [-0.3, -0.25) is 0 Å². The van der Waals surface area contributed by atoms with Crippen molar-refractivity contribution in [2.45, 2.75) is 6.92 Å². The van der Waals surface area contributed by atoms with Gasteiger partial charge in [-0.1, -0.05) is 30.0 Å². The van der Waals surface area contributed by atoms with E-state index in [0.29, 0.717) is 0 Å². The normalized spacial score (nSPS) is 9.21. The van der Waals surface area contributed by atoms with Crippen molar-refractivity contribution in [2.75, 3.05) is 0 Å². The Bertz CT molecular complexity index is 469. The fourth-order valence-electron chi connectivity index (χ4n) is 1.21. The first-order chi connectivity index (χ1) is 6.84. The molecule has 0 atom stereocenters. The van der Waals surface area contributed by atoms with Gasteiger partial charge in [0.15, 0.2) is 0 Å². The van der Waals surface area contributed by atoms with Gasteiger partial charge in [0.2, 0.25) is 0 Å². The number of benzene rings is 1. The van der Waals surface area contributed by atoms with Crippen LogP contribution in [0.15, 0.2) is 41.8 Å². The molecule has 0 unspecified atom stereocenters. The quantitative estimate of drug-likeness (QED) is 0.569. The van der Waals surface area contributed by atoms with Gasteiger partial charge < -0.3 is 0 Å². The van der Waals surface area contributed by atoms with Crippen LogP contribution in [0.2, 0.25) is 0 Å². The number of hydrogen-bond donors (Lipinski definition) is 0.